The van der Waals surface area contributed by atoms with Crippen LogP contribution >= 0.6 is 0 Å². The van der Waals surface area contributed by atoms with E-state index >= 15 is 0 Å². The van der Waals surface area contributed by atoms with Crippen molar-refractivity contribution in [2.45, 2.75) is 26.2 Å². The molecule has 0 radical (unpaired) electrons. The summed E-state index contributed by atoms with van der Waals surface area (Å²) in [5.41, 5.74) is 2.47. The van der Waals surface area contributed by atoms with Gasteiger partial charge in [-0.25, -0.2) is 0 Å². The van der Waals surface area contributed by atoms with Crippen LogP contribution in [0.25, 0.3) is 10.9 Å². The van der Waals surface area contributed by atoms with Gasteiger partial charge in [0.2, 0.25) is 5.88 Å². The fourth-order valence-electron chi connectivity index (χ4n) is 2.64. The number of nitrogens with zero attached hydrogens (tertiary/aromatic N) is 2. The van der Waals surface area contributed by atoms with Crippen LogP contribution in [-0.4, -0.2) is 23.1 Å². The number of azo groups is 1. The summed E-state index contributed by atoms with van der Waals surface area (Å²) in [4.78, 5) is 15.1. The minimum Gasteiger partial charge on any atom is -0.497 e. The molecule has 1 amide bonds. The summed E-state index contributed by atoms with van der Waals surface area (Å²) < 4.78 is 5.19. The second-order valence-electron chi connectivity index (χ2n) is 7.07. The first-order chi connectivity index (χ1) is 12.3. The average Bonchev–Trinajstić information content (AvgIpc) is 2.93. The smallest absolute Gasteiger partial charge is 0.295 e. The minimum absolute atomic E-state index is 0.0119. The number of methoxy groups -OCH3 is 1. The van der Waals surface area contributed by atoms with Crippen molar-refractivity contribution < 1.29 is 14.6 Å². The number of benzene rings is 2. The van der Waals surface area contributed by atoms with Crippen LogP contribution in [0.15, 0.2) is 52.7 Å². The van der Waals surface area contributed by atoms with Gasteiger partial charge in [0, 0.05) is 10.9 Å². The van der Waals surface area contributed by atoms with Crippen LogP contribution in [-0.2, 0) is 5.41 Å². The molecule has 6 heteroatoms. The van der Waals surface area contributed by atoms with Gasteiger partial charge in [0.05, 0.1) is 12.6 Å². The molecule has 1 heterocycles. The van der Waals surface area contributed by atoms with Crippen molar-refractivity contribution in [2.24, 2.45) is 10.2 Å². The summed E-state index contributed by atoms with van der Waals surface area (Å²) in [5, 5.41) is 18.4. The summed E-state index contributed by atoms with van der Waals surface area (Å²) in [6, 6.07) is 12.6. The lowest BCUT2D eigenvalue weighted by Crippen LogP contribution is -2.11. The van der Waals surface area contributed by atoms with Gasteiger partial charge >= 0.3 is 0 Å². The number of amides is 1. The molecular weight excluding hydrogens is 330 g/mol. The normalized spacial score (nSPS) is 12.0. The predicted octanol–water partition coefficient (Wildman–Crippen LogP) is 5.10. The highest BCUT2D eigenvalue weighted by atomic mass is 16.5. The maximum absolute atomic E-state index is 12.3. The molecule has 0 aliphatic heterocycles. The highest BCUT2D eigenvalue weighted by Crippen LogP contribution is 2.37. The topological polar surface area (TPSA) is 87.0 Å². The molecule has 0 aliphatic rings. The fraction of sp³-hybridized carbons (Fsp3) is 0.250. The molecule has 2 N–H and O–H groups in total. The lowest BCUT2D eigenvalue weighted by atomic mass is 9.87. The van der Waals surface area contributed by atoms with E-state index in [0.717, 1.165) is 5.56 Å². The third-order valence-electron chi connectivity index (χ3n) is 4.20. The summed E-state index contributed by atoms with van der Waals surface area (Å²) in [6.45, 7) is 6.33. The van der Waals surface area contributed by atoms with Crippen molar-refractivity contribution in [2.75, 3.05) is 7.11 Å². The van der Waals surface area contributed by atoms with Crippen molar-refractivity contribution in [1.82, 2.24) is 4.98 Å². The zero-order chi connectivity index (χ0) is 18.9. The Morgan fingerprint density at radius 3 is 2.42 bits per heavy atom. The van der Waals surface area contributed by atoms with E-state index in [2.05, 4.69) is 36.0 Å². The molecule has 134 valence electrons. The van der Waals surface area contributed by atoms with Gasteiger partial charge in [-0.05, 0) is 41.3 Å². The van der Waals surface area contributed by atoms with Gasteiger partial charge in [-0.3, -0.25) is 4.79 Å². The minimum atomic E-state index is -0.470. The Bertz CT molecular complexity index is 980. The van der Waals surface area contributed by atoms with Crippen molar-refractivity contribution in [1.29, 1.82) is 0 Å². The molecule has 0 fully saturated rings. The molecule has 3 aromatic rings. The lowest BCUT2D eigenvalue weighted by Gasteiger charge is -2.18. The number of H-pyrrole nitrogens is 1. The van der Waals surface area contributed by atoms with Gasteiger partial charge in [-0.1, -0.05) is 32.9 Å². The van der Waals surface area contributed by atoms with Gasteiger partial charge in [0.25, 0.3) is 5.91 Å². The number of nitrogens with one attached hydrogen (secondary N) is 1. The van der Waals surface area contributed by atoms with Gasteiger partial charge in [-0.2, -0.15) is 0 Å². The van der Waals surface area contributed by atoms with Crippen LogP contribution < -0.4 is 4.74 Å². The molecule has 2 aromatic carbocycles. The van der Waals surface area contributed by atoms with Crippen LogP contribution in [0.3, 0.4) is 0 Å². The van der Waals surface area contributed by atoms with Gasteiger partial charge in [0.1, 0.15) is 5.75 Å². The van der Waals surface area contributed by atoms with E-state index in [1.165, 1.54) is 0 Å². The maximum atomic E-state index is 12.3. The summed E-state index contributed by atoms with van der Waals surface area (Å²) in [6.07, 6.45) is 0. The van der Waals surface area contributed by atoms with Crippen molar-refractivity contribution >= 4 is 22.5 Å². The molecule has 0 saturated carbocycles. The third kappa shape index (κ3) is 3.44. The number of fused-ring (bicyclic) bond motifs is 1. The molecule has 6 nitrogen and oxygen atoms in total. The van der Waals surface area contributed by atoms with Crippen LogP contribution in [0.2, 0.25) is 0 Å². The van der Waals surface area contributed by atoms with Gasteiger partial charge in [-0.15, -0.1) is 10.2 Å². The molecule has 0 spiro atoms. The number of carbonyl (C=O) groups is 1. The Labute approximate surface area is 151 Å². The second kappa shape index (κ2) is 6.63. The van der Waals surface area contributed by atoms with Crippen molar-refractivity contribution in [3.63, 3.8) is 0 Å². The first kappa shape index (κ1) is 17.7. The standard InChI is InChI=1S/C20H21N3O3/c1-20(2,3)13-7-5-12(6-8-13)18(24)23-22-17-15-11-14(26-4)9-10-16(15)21-19(17)25/h5-11,21,25H,1-4H3. The Kier molecular flexibility index (Phi) is 4.50. The molecule has 0 bridgehead atoms. The molecule has 0 unspecified atom stereocenters. The first-order valence-electron chi connectivity index (χ1n) is 8.25. The zero-order valence-electron chi connectivity index (χ0n) is 15.2. The van der Waals surface area contributed by atoms with E-state index in [0.29, 0.717) is 22.2 Å². The van der Waals surface area contributed by atoms with Crippen LogP contribution in [0, 0.1) is 0 Å². The number of carbonyl (C=O) groups excluding carboxylic acids is 1. The number of aromatic nitrogens is 1. The summed E-state index contributed by atoms with van der Waals surface area (Å²) >= 11 is 0. The van der Waals surface area contributed by atoms with E-state index in [9.17, 15) is 9.90 Å². The SMILES string of the molecule is COc1ccc2[nH]c(O)c(N=NC(=O)c3ccc(C(C)(C)C)cc3)c2c1. The molecule has 3 rings (SSSR count). The summed E-state index contributed by atoms with van der Waals surface area (Å²) in [7, 11) is 1.56. The maximum Gasteiger partial charge on any atom is 0.295 e. The van der Waals surface area contributed by atoms with Crippen LogP contribution in [0.5, 0.6) is 11.6 Å². The number of rotatable bonds is 3. The Morgan fingerprint density at radius 2 is 1.81 bits per heavy atom. The summed E-state index contributed by atoms with van der Waals surface area (Å²) in [5.74, 6) is 0.00651. The number of aromatic amines is 1. The number of hydrogen-bond acceptors (Lipinski definition) is 4. The third-order valence-corrected chi connectivity index (χ3v) is 4.20. The first-order valence-corrected chi connectivity index (χ1v) is 8.25. The molecule has 0 aliphatic carbocycles. The van der Waals surface area contributed by atoms with E-state index in [1.54, 1.807) is 37.4 Å². The van der Waals surface area contributed by atoms with E-state index < -0.39 is 5.91 Å². The Hall–Kier alpha value is -3.15. The molecule has 1 aromatic heterocycles. The Balaban J connectivity index is 1.89. The molecule has 26 heavy (non-hydrogen) atoms. The van der Waals surface area contributed by atoms with Crippen LogP contribution in [0.4, 0.5) is 5.69 Å². The molecule has 0 saturated heterocycles. The van der Waals surface area contributed by atoms with Crippen molar-refractivity contribution in [3.05, 3.63) is 53.6 Å². The van der Waals surface area contributed by atoms with E-state index in [1.807, 2.05) is 12.1 Å². The predicted molar refractivity (Wildman–Crippen MR) is 101 cm³/mol. The molecular formula is C20H21N3O3. The number of aromatic hydroxyl groups is 1. The second-order valence-corrected chi connectivity index (χ2v) is 7.07. The van der Waals surface area contributed by atoms with E-state index in [-0.39, 0.29) is 17.0 Å². The lowest BCUT2D eigenvalue weighted by molar-refractivity contribution is 0.0995. The largest absolute Gasteiger partial charge is 0.497 e. The highest BCUT2D eigenvalue weighted by Gasteiger charge is 2.15. The zero-order valence-corrected chi connectivity index (χ0v) is 15.2. The van der Waals surface area contributed by atoms with Gasteiger partial charge < -0.3 is 14.8 Å². The van der Waals surface area contributed by atoms with Gasteiger partial charge in [0.15, 0.2) is 5.69 Å². The van der Waals surface area contributed by atoms with Crippen molar-refractivity contribution in [3.8, 4) is 11.6 Å². The van der Waals surface area contributed by atoms with E-state index in [4.69, 9.17) is 4.74 Å². The highest BCUT2D eigenvalue weighted by molar-refractivity contribution is 5.97. The Morgan fingerprint density at radius 1 is 1.12 bits per heavy atom. The average molecular weight is 351 g/mol. The molecule has 0 atom stereocenters. The quantitative estimate of drug-likeness (QED) is 0.643. The number of hydrogen-bond donors (Lipinski definition) is 2. The number of ether oxygens (including phenoxy) is 1. The van der Waals surface area contributed by atoms with Crippen LogP contribution in [0.1, 0.15) is 36.7 Å². The fourth-order valence-corrected chi connectivity index (χ4v) is 2.64. The monoisotopic (exact) mass is 351 g/mol.